The van der Waals surface area contributed by atoms with E-state index in [1.807, 2.05) is 17.5 Å². The third kappa shape index (κ3) is 3.93. The summed E-state index contributed by atoms with van der Waals surface area (Å²) in [5.41, 5.74) is 1.08. The topological polar surface area (TPSA) is 33.2 Å². The number of amides is 1. The number of anilines is 2. The van der Waals surface area contributed by atoms with Crippen LogP contribution in [0.1, 0.15) is 12.6 Å². The van der Waals surface area contributed by atoms with Crippen LogP contribution in [-0.2, 0) is 10.5 Å². The van der Waals surface area contributed by atoms with E-state index in [1.54, 1.807) is 30.0 Å². The van der Waals surface area contributed by atoms with Crippen molar-refractivity contribution in [2.75, 3.05) is 4.90 Å². The molecule has 0 saturated heterocycles. The van der Waals surface area contributed by atoms with Crippen molar-refractivity contribution in [2.45, 2.75) is 17.6 Å². The highest BCUT2D eigenvalue weighted by molar-refractivity contribution is 7.98. The number of hydrogen-bond acceptors (Lipinski definition) is 4. The zero-order valence-corrected chi connectivity index (χ0v) is 16.8. The molecule has 3 aromatic carbocycles. The summed E-state index contributed by atoms with van der Waals surface area (Å²) in [5.74, 6) is -0.0362. The molecule has 0 aliphatic rings. The standard InChI is InChI=1S/C22H17FN2OS2/c1-15(26)25(21-9-5-4-8-20(21)23)22-24-18(14-28-22)13-27-19-11-10-16-6-2-3-7-17(16)12-19/h2-12,14H,13H2,1H3. The van der Waals surface area contributed by atoms with Gasteiger partial charge >= 0.3 is 0 Å². The number of thiazole rings is 1. The highest BCUT2D eigenvalue weighted by Gasteiger charge is 2.20. The summed E-state index contributed by atoms with van der Waals surface area (Å²) in [5, 5.41) is 4.81. The molecule has 6 heteroatoms. The van der Waals surface area contributed by atoms with Gasteiger partial charge in [0.1, 0.15) is 5.82 Å². The summed E-state index contributed by atoms with van der Waals surface area (Å²) in [4.78, 5) is 19.2. The van der Waals surface area contributed by atoms with Crippen LogP contribution in [0.15, 0.2) is 77.0 Å². The maximum absolute atomic E-state index is 14.2. The van der Waals surface area contributed by atoms with Gasteiger partial charge < -0.3 is 0 Å². The largest absolute Gasteiger partial charge is 0.274 e. The normalized spacial score (nSPS) is 10.9. The minimum Gasteiger partial charge on any atom is -0.274 e. The smallest absolute Gasteiger partial charge is 0.230 e. The van der Waals surface area contributed by atoms with E-state index >= 15 is 0 Å². The van der Waals surface area contributed by atoms with Crippen molar-refractivity contribution in [2.24, 2.45) is 0 Å². The Morgan fingerprint density at radius 2 is 1.82 bits per heavy atom. The maximum Gasteiger partial charge on any atom is 0.230 e. The molecule has 0 bridgehead atoms. The minimum atomic E-state index is -0.444. The van der Waals surface area contributed by atoms with E-state index in [0.717, 1.165) is 10.6 Å². The molecule has 0 aliphatic heterocycles. The molecule has 4 rings (SSSR count). The lowest BCUT2D eigenvalue weighted by atomic mass is 10.1. The molecule has 1 aromatic heterocycles. The molecule has 0 atom stereocenters. The van der Waals surface area contributed by atoms with Crippen molar-refractivity contribution in [3.05, 3.63) is 83.6 Å². The van der Waals surface area contributed by atoms with Gasteiger partial charge in [-0.2, -0.15) is 0 Å². The monoisotopic (exact) mass is 408 g/mol. The quantitative estimate of drug-likeness (QED) is 0.358. The molecular formula is C22H17FN2OS2. The van der Waals surface area contributed by atoms with E-state index in [2.05, 4.69) is 35.3 Å². The van der Waals surface area contributed by atoms with Crippen LogP contribution in [0.25, 0.3) is 10.8 Å². The van der Waals surface area contributed by atoms with Crippen LogP contribution in [-0.4, -0.2) is 10.9 Å². The maximum atomic E-state index is 14.2. The molecule has 1 amide bonds. The number of thioether (sulfide) groups is 1. The Kier molecular flexibility index (Phi) is 5.41. The van der Waals surface area contributed by atoms with E-state index in [4.69, 9.17) is 0 Å². The minimum absolute atomic E-state index is 0.220. The molecular weight excluding hydrogens is 391 g/mol. The number of carbonyl (C=O) groups excluding carboxylic acids is 1. The molecule has 0 spiro atoms. The number of rotatable bonds is 5. The van der Waals surface area contributed by atoms with Gasteiger partial charge in [0.2, 0.25) is 5.91 Å². The van der Waals surface area contributed by atoms with Crippen molar-refractivity contribution in [1.29, 1.82) is 0 Å². The average Bonchev–Trinajstić information content (AvgIpc) is 3.16. The van der Waals surface area contributed by atoms with Gasteiger partial charge in [-0.1, -0.05) is 42.5 Å². The number of benzene rings is 3. The van der Waals surface area contributed by atoms with Crippen LogP contribution in [0.3, 0.4) is 0 Å². The first-order chi connectivity index (χ1) is 13.6. The van der Waals surface area contributed by atoms with Crippen LogP contribution in [0.4, 0.5) is 15.2 Å². The predicted octanol–water partition coefficient (Wildman–Crippen LogP) is 6.41. The number of fused-ring (bicyclic) bond motifs is 1. The second kappa shape index (κ2) is 8.12. The molecule has 0 saturated carbocycles. The summed E-state index contributed by atoms with van der Waals surface area (Å²) < 4.78 is 14.2. The fourth-order valence-corrected chi connectivity index (χ4v) is 4.74. The Morgan fingerprint density at radius 1 is 1.07 bits per heavy atom. The Labute approximate surface area is 170 Å². The van der Waals surface area contributed by atoms with Crippen molar-refractivity contribution >= 4 is 50.6 Å². The lowest BCUT2D eigenvalue weighted by molar-refractivity contribution is -0.115. The van der Waals surface area contributed by atoms with E-state index in [-0.39, 0.29) is 11.6 Å². The van der Waals surface area contributed by atoms with E-state index in [1.165, 1.54) is 40.0 Å². The average molecular weight is 409 g/mol. The van der Waals surface area contributed by atoms with Gasteiger partial charge in [0.05, 0.1) is 11.4 Å². The zero-order valence-electron chi connectivity index (χ0n) is 15.1. The van der Waals surface area contributed by atoms with Gasteiger partial charge in [-0.25, -0.2) is 9.37 Å². The molecule has 0 unspecified atom stereocenters. The van der Waals surface area contributed by atoms with Crippen LogP contribution in [0, 0.1) is 5.82 Å². The first-order valence-electron chi connectivity index (χ1n) is 8.73. The predicted molar refractivity (Wildman–Crippen MR) is 115 cm³/mol. The van der Waals surface area contributed by atoms with E-state index in [9.17, 15) is 9.18 Å². The summed E-state index contributed by atoms with van der Waals surface area (Å²) in [6, 6.07) is 20.9. The molecule has 28 heavy (non-hydrogen) atoms. The number of hydrogen-bond donors (Lipinski definition) is 0. The number of carbonyl (C=O) groups is 1. The third-order valence-electron chi connectivity index (χ3n) is 4.25. The van der Waals surface area contributed by atoms with Crippen molar-refractivity contribution in [3.8, 4) is 0 Å². The number of para-hydroxylation sites is 1. The van der Waals surface area contributed by atoms with Gasteiger partial charge in [0.25, 0.3) is 0 Å². The summed E-state index contributed by atoms with van der Waals surface area (Å²) in [6.45, 7) is 1.41. The Balaban J connectivity index is 1.53. The van der Waals surface area contributed by atoms with E-state index < -0.39 is 5.82 Å². The fourth-order valence-electron chi connectivity index (χ4n) is 2.92. The Hall–Kier alpha value is -2.70. The highest BCUT2D eigenvalue weighted by atomic mass is 32.2. The fraction of sp³-hybridized carbons (Fsp3) is 0.0909. The highest BCUT2D eigenvalue weighted by Crippen LogP contribution is 2.33. The second-order valence-electron chi connectivity index (χ2n) is 6.22. The van der Waals surface area contributed by atoms with Crippen LogP contribution >= 0.6 is 23.1 Å². The first-order valence-corrected chi connectivity index (χ1v) is 10.6. The number of aromatic nitrogens is 1. The summed E-state index contributed by atoms with van der Waals surface area (Å²) in [7, 11) is 0. The first kappa shape index (κ1) is 18.7. The van der Waals surface area contributed by atoms with Crippen molar-refractivity contribution < 1.29 is 9.18 Å². The molecule has 4 aromatic rings. The summed E-state index contributed by atoms with van der Waals surface area (Å²) in [6.07, 6.45) is 0. The second-order valence-corrected chi connectivity index (χ2v) is 8.11. The van der Waals surface area contributed by atoms with Crippen LogP contribution in [0.5, 0.6) is 0 Å². The van der Waals surface area contributed by atoms with E-state index in [0.29, 0.717) is 10.9 Å². The molecule has 140 valence electrons. The third-order valence-corrected chi connectivity index (χ3v) is 6.15. The van der Waals surface area contributed by atoms with Crippen molar-refractivity contribution in [3.63, 3.8) is 0 Å². The Morgan fingerprint density at radius 3 is 2.61 bits per heavy atom. The number of halogens is 1. The van der Waals surface area contributed by atoms with Gasteiger partial charge in [-0.15, -0.1) is 23.1 Å². The summed E-state index contributed by atoms with van der Waals surface area (Å²) >= 11 is 3.03. The molecule has 0 aliphatic carbocycles. The SMILES string of the molecule is CC(=O)N(c1nc(CSc2ccc3ccccc3c2)cs1)c1ccccc1F. The van der Waals surface area contributed by atoms with Crippen LogP contribution in [0.2, 0.25) is 0 Å². The Bertz CT molecular complexity index is 1140. The molecule has 0 fully saturated rings. The van der Waals surface area contributed by atoms with Gasteiger partial charge in [0.15, 0.2) is 5.13 Å². The van der Waals surface area contributed by atoms with Gasteiger partial charge in [0, 0.05) is 23.0 Å². The zero-order chi connectivity index (χ0) is 19.5. The van der Waals surface area contributed by atoms with Crippen molar-refractivity contribution in [1.82, 2.24) is 4.98 Å². The van der Waals surface area contributed by atoms with Crippen LogP contribution < -0.4 is 4.90 Å². The molecule has 0 radical (unpaired) electrons. The lowest BCUT2D eigenvalue weighted by Gasteiger charge is -2.18. The van der Waals surface area contributed by atoms with Gasteiger partial charge in [-0.3, -0.25) is 9.69 Å². The molecule has 0 N–H and O–H groups in total. The molecule has 3 nitrogen and oxygen atoms in total. The molecule has 1 heterocycles. The van der Waals surface area contributed by atoms with Gasteiger partial charge in [-0.05, 0) is 35.0 Å². The number of nitrogens with zero attached hydrogens (tertiary/aromatic N) is 2. The lowest BCUT2D eigenvalue weighted by Crippen LogP contribution is -2.23.